The fourth-order valence-corrected chi connectivity index (χ4v) is 1.29. The van der Waals surface area contributed by atoms with E-state index in [-0.39, 0.29) is 5.60 Å². The van der Waals surface area contributed by atoms with E-state index in [9.17, 15) is 0 Å². The summed E-state index contributed by atoms with van der Waals surface area (Å²) in [5.74, 6) is 0.480. The summed E-state index contributed by atoms with van der Waals surface area (Å²) in [5, 5.41) is 0. The summed E-state index contributed by atoms with van der Waals surface area (Å²) >= 11 is 0. The second kappa shape index (κ2) is 3.22. The summed E-state index contributed by atoms with van der Waals surface area (Å²) in [4.78, 5) is 0. The molecule has 1 atom stereocenters. The zero-order valence-electron chi connectivity index (χ0n) is 7.37. The van der Waals surface area contributed by atoms with Crippen molar-refractivity contribution in [2.75, 3.05) is 7.11 Å². The molecule has 0 saturated carbocycles. The van der Waals surface area contributed by atoms with Gasteiger partial charge >= 0.3 is 0 Å². The van der Waals surface area contributed by atoms with Crippen LogP contribution >= 0.6 is 0 Å². The summed E-state index contributed by atoms with van der Waals surface area (Å²) in [7, 11) is 1.75. The van der Waals surface area contributed by atoms with Crippen LogP contribution in [0.15, 0.2) is 24.3 Å². The Bertz CT molecular complexity index is 179. The Kier molecular flexibility index (Phi) is 2.50. The van der Waals surface area contributed by atoms with Crippen LogP contribution in [0.5, 0.6) is 0 Å². The number of hydrogen-bond donors (Lipinski definition) is 0. The number of ether oxygens (including phenoxy) is 1. The van der Waals surface area contributed by atoms with E-state index in [2.05, 4.69) is 26.3 Å². The van der Waals surface area contributed by atoms with Crippen LogP contribution in [-0.4, -0.2) is 12.7 Å². The van der Waals surface area contributed by atoms with Gasteiger partial charge in [0.05, 0.1) is 5.60 Å². The largest absolute Gasteiger partial charge is 0.373 e. The Morgan fingerprint density at radius 2 is 1.91 bits per heavy atom. The van der Waals surface area contributed by atoms with Gasteiger partial charge in [0.1, 0.15) is 0 Å². The molecule has 0 saturated heterocycles. The van der Waals surface area contributed by atoms with Crippen LogP contribution in [0.25, 0.3) is 0 Å². The molecular weight excluding hydrogens is 136 g/mol. The maximum Gasteiger partial charge on any atom is 0.0953 e. The van der Waals surface area contributed by atoms with Crippen molar-refractivity contribution in [1.82, 2.24) is 0 Å². The minimum atomic E-state index is -0.172. The Hall–Kier alpha value is -0.560. The zero-order valence-corrected chi connectivity index (χ0v) is 7.37. The summed E-state index contributed by atoms with van der Waals surface area (Å²) in [6, 6.07) is 0. The molecule has 0 spiro atoms. The van der Waals surface area contributed by atoms with E-state index in [1.807, 2.05) is 18.2 Å². The van der Waals surface area contributed by atoms with E-state index in [4.69, 9.17) is 4.74 Å². The third kappa shape index (κ3) is 1.54. The van der Waals surface area contributed by atoms with E-state index >= 15 is 0 Å². The van der Waals surface area contributed by atoms with E-state index < -0.39 is 0 Å². The van der Waals surface area contributed by atoms with Crippen molar-refractivity contribution in [3.05, 3.63) is 30.7 Å². The SMILES string of the molecule is COC1(C(C)C)[CH]C=CC=C1. The summed E-state index contributed by atoms with van der Waals surface area (Å²) in [5.41, 5.74) is -0.172. The van der Waals surface area contributed by atoms with Gasteiger partial charge in [-0.15, -0.1) is 0 Å². The van der Waals surface area contributed by atoms with Gasteiger partial charge in [-0.25, -0.2) is 0 Å². The van der Waals surface area contributed by atoms with Gasteiger partial charge in [0.15, 0.2) is 0 Å². The molecule has 1 unspecified atom stereocenters. The Morgan fingerprint density at radius 1 is 1.18 bits per heavy atom. The number of rotatable bonds is 2. The maximum absolute atomic E-state index is 5.45. The zero-order chi connectivity index (χ0) is 8.32. The quantitative estimate of drug-likeness (QED) is 0.588. The minimum Gasteiger partial charge on any atom is -0.373 e. The van der Waals surface area contributed by atoms with Crippen molar-refractivity contribution >= 4 is 0 Å². The van der Waals surface area contributed by atoms with Gasteiger partial charge in [-0.05, 0) is 5.92 Å². The third-order valence-electron chi connectivity index (χ3n) is 2.19. The van der Waals surface area contributed by atoms with Crippen LogP contribution in [0.2, 0.25) is 0 Å². The molecule has 1 rings (SSSR count). The Balaban J connectivity index is 2.77. The van der Waals surface area contributed by atoms with Crippen molar-refractivity contribution in [3.8, 4) is 0 Å². The van der Waals surface area contributed by atoms with Crippen molar-refractivity contribution in [3.63, 3.8) is 0 Å². The van der Waals surface area contributed by atoms with Gasteiger partial charge in [-0.3, -0.25) is 0 Å². The fraction of sp³-hybridized carbons (Fsp3) is 0.500. The molecule has 0 N–H and O–H groups in total. The van der Waals surface area contributed by atoms with Crippen LogP contribution in [0.4, 0.5) is 0 Å². The topological polar surface area (TPSA) is 9.23 Å². The maximum atomic E-state index is 5.45. The Labute approximate surface area is 68.8 Å². The number of allylic oxidation sites excluding steroid dienone is 2. The molecule has 1 nitrogen and oxygen atoms in total. The molecule has 1 radical (unpaired) electrons. The smallest absolute Gasteiger partial charge is 0.0953 e. The molecule has 1 aliphatic rings. The first-order valence-electron chi connectivity index (χ1n) is 3.97. The molecule has 0 aromatic rings. The van der Waals surface area contributed by atoms with E-state index in [0.29, 0.717) is 5.92 Å². The minimum absolute atomic E-state index is 0.172. The molecule has 0 amide bonds. The van der Waals surface area contributed by atoms with Gasteiger partial charge < -0.3 is 4.74 Å². The van der Waals surface area contributed by atoms with E-state index in [0.717, 1.165) is 0 Å². The molecule has 0 fully saturated rings. The highest BCUT2D eigenvalue weighted by molar-refractivity contribution is 5.28. The van der Waals surface area contributed by atoms with Gasteiger partial charge in [-0.2, -0.15) is 0 Å². The highest BCUT2D eigenvalue weighted by atomic mass is 16.5. The Morgan fingerprint density at radius 3 is 2.18 bits per heavy atom. The van der Waals surface area contributed by atoms with Crippen LogP contribution in [0.3, 0.4) is 0 Å². The van der Waals surface area contributed by atoms with E-state index in [1.54, 1.807) is 7.11 Å². The molecule has 1 aliphatic carbocycles. The van der Waals surface area contributed by atoms with Crippen molar-refractivity contribution in [1.29, 1.82) is 0 Å². The highest BCUT2D eigenvalue weighted by Crippen LogP contribution is 2.28. The van der Waals surface area contributed by atoms with Crippen LogP contribution < -0.4 is 0 Å². The van der Waals surface area contributed by atoms with Gasteiger partial charge in [0, 0.05) is 13.5 Å². The van der Waals surface area contributed by atoms with Crippen molar-refractivity contribution in [2.24, 2.45) is 5.92 Å². The third-order valence-corrected chi connectivity index (χ3v) is 2.19. The van der Waals surface area contributed by atoms with Crippen LogP contribution in [0.1, 0.15) is 13.8 Å². The lowest BCUT2D eigenvalue weighted by atomic mass is 9.84. The summed E-state index contributed by atoms with van der Waals surface area (Å²) in [6.07, 6.45) is 10.3. The van der Waals surface area contributed by atoms with Crippen LogP contribution in [0, 0.1) is 12.3 Å². The fourth-order valence-electron chi connectivity index (χ4n) is 1.29. The lowest BCUT2D eigenvalue weighted by Crippen LogP contribution is -2.35. The number of methoxy groups -OCH3 is 1. The molecule has 0 aliphatic heterocycles. The lowest BCUT2D eigenvalue weighted by molar-refractivity contribution is 0.0244. The van der Waals surface area contributed by atoms with E-state index in [1.165, 1.54) is 0 Å². The average molecular weight is 151 g/mol. The first-order chi connectivity index (χ1) is 5.21. The predicted octanol–water partition coefficient (Wildman–Crippen LogP) is 2.36. The molecular formula is C10H15O. The second-order valence-electron chi connectivity index (χ2n) is 3.12. The molecule has 0 bridgehead atoms. The van der Waals surface area contributed by atoms with Crippen molar-refractivity contribution < 1.29 is 4.74 Å². The van der Waals surface area contributed by atoms with Crippen molar-refractivity contribution in [2.45, 2.75) is 19.4 Å². The van der Waals surface area contributed by atoms with Gasteiger partial charge in [0.2, 0.25) is 0 Å². The normalized spacial score (nSPS) is 29.8. The summed E-state index contributed by atoms with van der Waals surface area (Å²) in [6.45, 7) is 4.31. The molecule has 61 valence electrons. The first kappa shape index (κ1) is 8.54. The highest BCUT2D eigenvalue weighted by Gasteiger charge is 2.30. The van der Waals surface area contributed by atoms with Gasteiger partial charge in [-0.1, -0.05) is 38.2 Å². The monoisotopic (exact) mass is 151 g/mol. The lowest BCUT2D eigenvalue weighted by Gasteiger charge is -2.33. The van der Waals surface area contributed by atoms with Gasteiger partial charge in [0.25, 0.3) is 0 Å². The standard InChI is InChI=1S/C10H15O/c1-9(2)10(11-3)7-5-4-6-8-10/h4-9H,1-3H3. The van der Waals surface area contributed by atoms with Crippen LogP contribution in [-0.2, 0) is 4.74 Å². The molecule has 0 aromatic heterocycles. The predicted molar refractivity (Wildman–Crippen MR) is 47.2 cm³/mol. The average Bonchev–Trinajstić information content (AvgIpc) is 2.05. The molecule has 1 heteroatoms. The second-order valence-corrected chi connectivity index (χ2v) is 3.12. The number of hydrogen-bond acceptors (Lipinski definition) is 1. The molecule has 0 heterocycles. The first-order valence-corrected chi connectivity index (χ1v) is 3.97. The molecule has 11 heavy (non-hydrogen) atoms. The molecule has 0 aromatic carbocycles. The summed E-state index contributed by atoms with van der Waals surface area (Å²) < 4.78 is 5.45.